The fraction of sp³-hybridized carbons (Fsp3) is 0.200. The van der Waals surface area contributed by atoms with Crippen molar-refractivity contribution in [3.63, 3.8) is 0 Å². The highest BCUT2D eigenvalue weighted by Gasteiger charge is 2.30. The largest absolute Gasteiger partial charge is 0.348 e. The summed E-state index contributed by atoms with van der Waals surface area (Å²) in [6, 6.07) is 10.3. The van der Waals surface area contributed by atoms with Crippen molar-refractivity contribution in [2.75, 3.05) is 5.32 Å². The average molecular weight is 351 g/mol. The SMILES string of the molecule is Clc1ccc(C2CC(c3cccs3)n3ncnc3N2)cc1Cl. The topological polar surface area (TPSA) is 42.7 Å². The van der Waals surface area contributed by atoms with Crippen molar-refractivity contribution < 1.29 is 0 Å². The lowest BCUT2D eigenvalue weighted by molar-refractivity contribution is 0.436. The maximum atomic E-state index is 6.16. The molecule has 0 fully saturated rings. The summed E-state index contributed by atoms with van der Waals surface area (Å²) in [5.74, 6) is 0.778. The van der Waals surface area contributed by atoms with Gasteiger partial charge in [-0.05, 0) is 35.6 Å². The van der Waals surface area contributed by atoms with E-state index in [9.17, 15) is 0 Å². The van der Waals surface area contributed by atoms with Crippen molar-refractivity contribution in [2.45, 2.75) is 18.5 Å². The second-order valence-corrected chi connectivity index (χ2v) is 6.96. The molecule has 3 heterocycles. The third-order valence-corrected chi connectivity index (χ3v) is 5.56. The summed E-state index contributed by atoms with van der Waals surface area (Å²) in [7, 11) is 0. The Morgan fingerprint density at radius 2 is 2.14 bits per heavy atom. The molecule has 7 heteroatoms. The van der Waals surface area contributed by atoms with E-state index in [1.807, 2.05) is 22.9 Å². The van der Waals surface area contributed by atoms with Gasteiger partial charge < -0.3 is 5.32 Å². The van der Waals surface area contributed by atoms with Gasteiger partial charge in [-0.2, -0.15) is 10.1 Å². The molecule has 1 aromatic carbocycles. The van der Waals surface area contributed by atoms with Gasteiger partial charge in [-0.15, -0.1) is 11.3 Å². The first-order valence-electron chi connectivity index (χ1n) is 6.87. The Labute approximate surface area is 141 Å². The summed E-state index contributed by atoms with van der Waals surface area (Å²) in [6.45, 7) is 0. The zero-order chi connectivity index (χ0) is 15.1. The molecule has 4 rings (SSSR count). The van der Waals surface area contributed by atoms with Crippen LogP contribution in [0.15, 0.2) is 42.0 Å². The van der Waals surface area contributed by atoms with Gasteiger partial charge in [0, 0.05) is 4.88 Å². The number of benzene rings is 1. The van der Waals surface area contributed by atoms with Crippen LogP contribution in [0.3, 0.4) is 0 Å². The summed E-state index contributed by atoms with van der Waals surface area (Å²) >= 11 is 13.9. The van der Waals surface area contributed by atoms with Gasteiger partial charge in [0.15, 0.2) is 0 Å². The molecular formula is C15H12Cl2N4S. The van der Waals surface area contributed by atoms with E-state index in [1.54, 1.807) is 17.7 Å². The van der Waals surface area contributed by atoms with Crippen LogP contribution in [0.5, 0.6) is 0 Å². The zero-order valence-electron chi connectivity index (χ0n) is 11.4. The number of anilines is 1. The monoisotopic (exact) mass is 350 g/mol. The maximum Gasteiger partial charge on any atom is 0.222 e. The Kier molecular flexibility index (Phi) is 3.56. The Balaban J connectivity index is 1.73. The second kappa shape index (κ2) is 5.57. The van der Waals surface area contributed by atoms with Crippen molar-refractivity contribution >= 4 is 40.5 Å². The van der Waals surface area contributed by atoms with Crippen LogP contribution in [0.4, 0.5) is 5.95 Å². The van der Waals surface area contributed by atoms with Crippen LogP contribution >= 0.6 is 34.5 Å². The molecule has 1 aliphatic heterocycles. The summed E-state index contributed by atoms with van der Waals surface area (Å²) in [5, 5.41) is 11.0. The van der Waals surface area contributed by atoms with Crippen molar-refractivity contribution in [1.82, 2.24) is 14.8 Å². The highest BCUT2D eigenvalue weighted by Crippen LogP contribution is 2.39. The van der Waals surface area contributed by atoms with E-state index < -0.39 is 0 Å². The Morgan fingerprint density at radius 3 is 2.91 bits per heavy atom. The number of fused-ring (bicyclic) bond motifs is 1. The van der Waals surface area contributed by atoms with Crippen LogP contribution < -0.4 is 5.32 Å². The first kappa shape index (κ1) is 14.1. The average Bonchev–Trinajstić information content (AvgIpc) is 3.19. The standard InChI is InChI=1S/C15H12Cl2N4S/c16-10-4-3-9(6-11(10)17)12-7-13(14-2-1-5-22-14)21-15(20-12)18-8-19-21/h1-6,8,12-13H,7H2,(H,18,19,20). The fourth-order valence-corrected chi connectivity index (χ4v) is 3.92. The number of halogens is 2. The summed E-state index contributed by atoms with van der Waals surface area (Å²) in [6.07, 6.45) is 2.47. The van der Waals surface area contributed by atoms with Gasteiger partial charge in [0.25, 0.3) is 0 Å². The molecule has 0 aliphatic carbocycles. The van der Waals surface area contributed by atoms with E-state index in [1.165, 1.54) is 4.88 Å². The van der Waals surface area contributed by atoms with Crippen LogP contribution in [-0.2, 0) is 0 Å². The van der Waals surface area contributed by atoms with Gasteiger partial charge in [-0.3, -0.25) is 0 Å². The van der Waals surface area contributed by atoms with Crippen LogP contribution in [0.2, 0.25) is 10.0 Å². The van der Waals surface area contributed by atoms with E-state index in [0.717, 1.165) is 17.9 Å². The molecule has 0 amide bonds. The first-order chi connectivity index (χ1) is 10.7. The zero-order valence-corrected chi connectivity index (χ0v) is 13.7. The molecule has 112 valence electrons. The molecule has 0 spiro atoms. The quantitative estimate of drug-likeness (QED) is 0.722. The Bertz CT molecular complexity index is 800. The molecule has 1 N–H and O–H groups in total. The van der Waals surface area contributed by atoms with Crippen LogP contribution in [0, 0.1) is 0 Å². The number of thiophene rings is 1. The van der Waals surface area contributed by atoms with Crippen LogP contribution in [-0.4, -0.2) is 14.8 Å². The van der Waals surface area contributed by atoms with Gasteiger partial charge in [0.2, 0.25) is 5.95 Å². The molecular weight excluding hydrogens is 339 g/mol. The predicted octanol–water partition coefficient (Wildman–Crippen LogP) is 4.79. The minimum atomic E-state index is 0.124. The van der Waals surface area contributed by atoms with E-state index in [2.05, 4.69) is 32.9 Å². The maximum absolute atomic E-state index is 6.16. The molecule has 2 atom stereocenters. The number of nitrogens with zero attached hydrogens (tertiary/aromatic N) is 3. The Hall–Kier alpha value is -1.56. The van der Waals surface area contributed by atoms with E-state index >= 15 is 0 Å². The summed E-state index contributed by atoms with van der Waals surface area (Å²) < 4.78 is 1.94. The highest BCUT2D eigenvalue weighted by atomic mass is 35.5. The molecule has 4 nitrogen and oxygen atoms in total. The lowest BCUT2D eigenvalue weighted by Crippen LogP contribution is -2.27. The van der Waals surface area contributed by atoms with Gasteiger partial charge in [0.1, 0.15) is 6.33 Å². The van der Waals surface area contributed by atoms with Gasteiger partial charge in [-0.25, -0.2) is 4.68 Å². The van der Waals surface area contributed by atoms with Gasteiger partial charge >= 0.3 is 0 Å². The summed E-state index contributed by atoms with van der Waals surface area (Å²) in [5.41, 5.74) is 1.10. The van der Waals surface area contributed by atoms with E-state index in [0.29, 0.717) is 10.0 Å². The molecule has 3 aromatic rings. The molecule has 0 bridgehead atoms. The van der Waals surface area contributed by atoms with Crippen molar-refractivity contribution in [2.24, 2.45) is 0 Å². The first-order valence-corrected chi connectivity index (χ1v) is 8.50. The lowest BCUT2D eigenvalue weighted by atomic mass is 9.97. The molecule has 2 unspecified atom stereocenters. The van der Waals surface area contributed by atoms with E-state index in [-0.39, 0.29) is 12.1 Å². The number of aromatic nitrogens is 3. The third kappa shape index (κ3) is 2.39. The van der Waals surface area contributed by atoms with Gasteiger partial charge in [0.05, 0.1) is 22.1 Å². The molecule has 2 aromatic heterocycles. The predicted molar refractivity (Wildman–Crippen MR) is 89.9 cm³/mol. The third-order valence-electron chi connectivity index (χ3n) is 3.85. The second-order valence-electron chi connectivity index (χ2n) is 5.17. The van der Waals surface area contributed by atoms with Crippen LogP contribution in [0.25, 0.3) is 0 Å². The Morgan fingerprint density at radius 1 is 1.23 bits per heavy atom. The summed E-state index contributed by atoms with van der Waals surface area (Å²) in [4.78, 5) is 5.60. The molecule has 0 radical (unpaired) electrons. The number of hydrogen-bond donors (Lipinski definition) is 1. The van der Waals surface area contributed by atoms with Crippen molar-refractivity contribution in [3.05, 3.63) is 62.5 Å². The number of rotatable bonds is 2. The minimum Gasteiger partial charge on any atom is -0.348 e. The van der Waals surface area contributed by atoms with Gasteiger partial charge in [-0.1, -0.05) is 35.3 Å². The van der Waals surface area contributed by atoms with Crippen LogP contribution in [0.1, 0.15) is 28.9 Å². The van der Waals surface area contributed by atoms with E-state index in [4.69, 9.17) is 23.2 Å². The molecule has 22 heavy (non-hydrogen) atoms. The van der Waals surface area contributed by atoms with Crippen molar-refractivity contribution in [1.29, 1.82) is 0 Å². The highest BCUT2D eigenvalue weighted by molar-refractivity contribution is 7.10. The lowest BCUT2D eigenvalue weighted by Gasteiger charge is -2.31. The number of hydrogen-bond acceptors (Lipinski definition) is 4. The molecule has 0 saturated heterocycles. The molecule has 1 aliphatic rings. The van der Waals surface area contributed by atoms with Crippen molar-refractivity contribution in [3.8, 4) is 0 Å². The normalized spacial score (nSPS) is 20.5. The smallest absolute Gasteiger partial charge is 0.222 e. The fourth-order valence-electron chi connectivity index (χ4n) is 2.79. The number of nitrogens with one attached hydrogen (secondary N) is 1. The minimum absolute atomic E-state index is 0.124. The molecule has 0 saturated carbocycles.